The number of carbonyl (C=O) groups is 1. The highest BCUT2D eigenvalue weighted by molar-refractivity contribution is 5.79. The molecular formula is C25H26F6N2O2. The van der Waals surface area contributed by atoms with E-state index in [1.54, 1.807) is 0 Å². The number of alkyl halides is 6. The van der Waals surface area contributed by atoms with E-state index in [-0.39, 0.29) is 29.7 Å². The van der Waals surface area contributed by atoms with Crippen molar-refractivity contribution in [3.05, 3.63) is 70.8 Å². The van der Waals surface area contributed by atoms with Gasteiger partial charge in [0, 0.05) is 13.0 Å². The predicted molar refractivity (Wildman–Crippen MR) is 116 cm³/mol. The summed E-state index contributed by atoms with van der Waals surface area (Å²) in [4.78, 5) is 11.8. The van der Waals surface area contributed by atoms with Crippen LogP contribution in [0.5, 0.6) is 0 Å². The summed E-state index contributed by atoms with van der Waals surface area (Å²) in [5.74, 6) is -0.00565. The van der Waals surface area contributed by atoms with Gasteiger partial charge in [0.25, 0.3) is 0 Å². The first kappa shape index (κ1) is 25.5. The third kappa shape index (κ3) is 5.48. The molecule has 1 amide bonds. The Balaban J connectivity index is 1.58. The van der Waals surface area contributed by atoms with Gasteiger partial charge in [-0.1, -0.05) is 30.3 Å². The molecule has 3 atom stereocenters. The Hall–Kier alpha value is -2.59. The molecule has 0 bridgehead atoms. The molecule has 1 spiro atoms. The lowest BCUT2D eigenvalue weighted by molar-refractivity contribution is -0.143. The Labute approximate surface area is 199 Å². The van der Waals surface area contributed by atoms with Gasteiger partial charge in [0.1, 0.15) is 0 Å². The number of ether oxygens (including phenoxy) is 1. The molecule has 2 N–H and O–H groups in total. The van der Waals surface area contributed by atoms with E-state index >= 15 is 0 Å². The van der Waals surface area contributed by atoms with Crippen molar-refractivity contribution in [1.82, 2.24) is 10.6 Å². The van der Waals surface area contributed by atoms with Crippen LogP contribution in [-0.4, -0.2) is 24.6 Å². The van der Waals surface area contributed by atoms with Gasteiger partial charge in [0.05, 0.1) is 34.9 Å². The molecule has 2 aromatic carbocycles. The molecule has 4 rings (SSSR count). The second-order valence-electron chi connectivity index (χ2n) is 9.42. The van der Waals surface area contributed by atoms with Crippen LogP contribution in [0.15, 0.2) is 48.5 Å². The molecule has 0 aliphatic carbocycles. The molecule has 35 heavy (non-hydrogen) atoms. The van der Waals surface area contributed by atoms with Gasteiger partial charge in [0.2, 0.25) is 5.91 Å². The second-order valence-corrected chi connectivity index (χ2v) is 9.42. The number of piperidine rings is 1. The summed E-state index contributed by atoms with van der Waals surface area (Å²) in [6, 6.07) is 10.9. The summed E-state index contributed by atoms with van der Waals surface area (Å²) >= 11 is 0. The highest BCUT2D eigenvalue weighted by atomic mass is 19.4. The first-order valence-electron chi connectivity index (χ1n) is 11.3. The van der Waals surface area contributed by atoms with Crippen molar-refractivity contribution in [3.8, 4) is 0 Å². The average Bonchev–Trinajstić information content (AvgIpc) is 3.18. The summed E-state index contributed by atoms with van der Waals surface area (Å²) in [5, 5.41) is 6.52. The molecule has 2 fully saturated rings. The molecule has 0 saturated carbocycles. The molecule has 10 heteroatoms. The monoisotopic (exact) mass is 500 g/mol. The fourth-order valence-corrected chi connectivity index (χ4v) is 4.85. The third-order valence-corrected chi connectivity index (χ3v) is 7.02. The van der Waals surface area contributed by atoms with Crippen LogP contribution in [0.2, 0.25) is 0 Å². The van der Waals surface area contributed by atoms with Crippen molar-refractivity contribution in [1.29, 1.82) is 0 Å². The van der Waals surface area contributed by atoms with Crippen LogP contribution in [0.3, 0.4) is 0 Å². The van der Waals surface area contributed by atoms with Gasteiger partial charge in [-0.05, 0) is 55.5 Å². The van der Waals surface area contributed by atoms with Crippen LogP contribution in [0, 0.1) is 0 Å². The number of benzene rings is 2. The molecule has 2 aromatic rings. The van der Waals surface area contributed by atoms with Crippen molar-refractivity contribution in [2.75, 3.05) is 13.2 Å². The number of hydrogen-bond donors (Lipinski definition) is 2. The molecule has 0 aromatic heterocycles. The summed E-state index contributed by atoms with van der Waals surface area (Å²) in [6.07, 6.45) is -8.49. The molecule has 0 unspecified atom stereocenters. The normalized spacial score (nSPS) is 26.1. The van der Waals surface area contributed by atoms with Crippen LogP contribution < -0.4 is 10.6 Å². The van der Waals surface area contributed by atoms with Crippen LogP contribution >= 0.6 is 0 Å². The largest absolute Gasteiger partial charge is 0.416 e. The number of halogens is 6. The van der Waals surface area contributed by atoms with Gasteiger partial charge >= 0.3 is 12.4 Å². The van der Waals surface area contributed by atoms with Crippen molar-refractivity contribution in [2.45, 2.75) is 62.1 Å². The number of rotatable bonds is 5. The molecule has 0 radical (unpaired) electrons. The van der Waals surface area contributed by atoms with E-state index in [0.717, 1.165) is 5.56 Å². The van der Waals surface area contributed by atoms with E-state index in [0.29, 0.717) is 44.4 Å². The lowest BCUT2D eigenvalue weighted by atomic mass is 9.76. The minimum atomic E-state index is -4.92. The number of nitrogens with one attached hydrogen (secondary N) is 2. The molecule has 2 saturated heterocycles. The minimum Gasteiger partial charge on any atom is -0.372 e. The third-order valence-electron chi connectivity index (χ3n) is 7.02. The zero-order valence-corrected chi connectivity index (χ0v) is 19.0. The first-order chi connectivity index (χ1) is 16.3. The van der Waals surface area contributed by atoms with Crippen LogP contribution in [-0.2, 0) is 27.4 Å². The van der Waals surface area contributed by atoms with Gasteiger partial charge in [-0.15, -0.1) is 0 Å². The Morgan fingerprint density at radius 2 is 1.57 bits per heavy atom. The van der Waals surface area contributed by atoms with Gasteiger partial charge in [-0.2, -0.15) is 26.3 Å². The van der Waals surface area contributed by atoms with Gasteiger partial charge in [0.15, 0.2) is 0 Å². The van der Waals surface area contributed by atoms with E-state index in [2.05, 4.69) is 10.6 Å². The van der Waals surface area contributed by atoms with Crippen LogP contribution in [0.1, 0.15) is 61.0 Å². The molecule has 2 aliphatic rings. The van der Waals surface area contributed by atoms with Gasteiger partial charge < -0.3 is 15.4 Å². The molecule has 2 heterocycles. The Bertz CT molecular complexity index is 1030. The maximum Gasteiger partial charge on any atom is 0.416 e. The van der Waals surface area contributed by atoms with Crippen LogP contribution in [0.25, 0.3) is 0 Å². The van der Waals surface area contributed by atoms with Crippen LogP contribution in [0.4, 0.5) is 26.3 Å². The maximum absolute atomic E-state index is 13.3. The number of hydrogen-bond acceptors (Lipinski definition) is 3. The van der Waals surface area contributed by atoms with E-state index in [1.165, 1.54) is 6.92 Å². The van der Waals surface area contributed by atoms with E-state index in [1.807, 2.05) is 30.3 Å². The Kier molecular flexibility index (Phi) is 6.65. The number of carbonyl (C=O) groups excluding carboxylic acids is 1. The van der Waals surface area contributed by atoms with Gasteiger partial charge in [-0.25, -0.2) is 0 Å². The Morgan fingerprint density at radius 3 is 2.06 bits per heavy atom. The second kappa shape index (κ2) is 9.13. The summed E-state index contributed by atoms with van der Waals surface area (Å²) in [7, 11) is 0. The highest BCUT2D eigenvalue weighted by Gasteiger charge is 2.47. The summed E-state index contributed by atoms with van der Waals surface area (Å²) in [5.41, 5.74) is -3.11. The summed E-state index contributed by atoms with van der Waals surface area (Å²) < 4.78 is 85.6. The Morgan fingerprint density at radius 1 is 0.943 bits per heavy atom. The van der Waals surface area contributed by atoms with Crippen molar-refractivity contribution >= 4 is 5.91 Å². The fourth-order valence-electron chi connectivity index (χ4n) is 4.85. The van der Waals surface area contributed by atoms with Crippen molar-refractivity contribution in [3.63, 3.8) is 0 Å². The van der Waals surface area contributed by atoms with E-state index in [9.17, 15) is 31.1 Å². The first-order valence-corrected chi connectivity index (χ1v) is 11.3. The molecule has 4 nitrogen and oxygen atoms in total. The molecule has 190 valence electrons. The maximum atomic E-state index is 13.3. The highest BCUT2D eigenvalue weighted by Crippen LogP contribution is 2.40. The smallest absolute Gasteiger partial charge is 0.372 e. The zero-order valence-electron chi connectivity index (χ0n) is 19.0. The molecular weight excluding hydrogens is 474 g/mol. The SMILES string of the molecule is C[C@H](OC[C@]1(c2ccccc2)CC[C@@]2(CCC(=O)N2)CN1)c1cc(C(F)(F)F)cc(C(F)(F)F)c1. The van der Waals surface area contributed by atoms with E-state index in [4.69, 9.17) is 4.74 Å². The quantitative estimate of drug-likeness (QED) is 0.516. The van der Waals surface area contributed by atoms with E-state index < -0.39 is 35.1 Å². The predicted octanol–water partition coefficient (Wildman–Crippen LogP) is 5.73. The van der Waals surface area contributed by atoms with Crippen molar-refractivity contribution < 1.29 is 35.9 Å². The molecule has 2 aliphatic heterocycles. The van der Waals surface area contributed by atoms with Crippen molar-refractivity contribution in [2.24, 2.45) is 0 Å². The fraction of sp³-hybridized carbons (Fsp3) is 0.480. The van der Waals surface area contributed by atoms with Gasteiger partial charge in [-0.3, -0.25) is 4.79 Å². The lowest BCUT2D eigenvalue weighted by Crippen LogP contribution is -2.61. The standard InChI is InChI=1S/C25H26F6N2O2/c1-16(17-11-19(24(26,27)28)13-20(12-17)25(29,30)31)35-15-23(18-5-3-2-4-6-18)10-9-22(14-32-23)8-7-21(34)33-22/h2-6,11-13,16,32H,7-10,14-15H2,1H3,(H,33,34)/t16-,22-,23-/m0/s1. The topological polar surface area (TPSA) is 50.4 Å². The zero-order chi connectivity index (χ0) is 25.5. The number of amides is 1. The lowest BCUT2D eigenvalue weighted by Gasteiger charge is -2.46. The minimum absolute atomic E-state index is 0.00565. The average molecular weight is 500 g/mol. The summed E-state index contributed by atoms with van der Waals surface area (Å²) in [6.45, 7) is 1.95.